The molecule has 9 rings (SSSR count). The van der Waals surface area contributed by atoms with Crippen LogP contribution in [0.3, 0.4) is 0 Å². The van der Waals surface area contributed by atoms with E-state index in [2.05, 4.69) is 69.5 Å². The minimum Gasteiger partial charge on any atom is -0.496 e. The quantitative estimate of drug-likeness (QED) is 0.0233. The molecule has 5 aliphatic heterocycles. The Hall–Kier alpha value is -5.06. The Balaban J connectivity index is 1.05. The molecule has 1 amide bonds. The molecule has 1 aromatic heterocycles. The molecule has 3 fully saturated rings. The molecule has 1 aliphatic carbocycles. The van der Waals surface area contributed by atoms with Crippen LogP contribution in [0.25, 0.3) is 10.9 Å². The maximum atomic E-state index is 15.6. The number of hydrogen-bond donors (Lipinski definition) is 4. The maximum Gasteiger partial charge on any atom is 0.344 e. The topological polar surface area (TPSA) is 166 Å². The van der Waals surface area contributed by atoms with Gasteiger partial charge < -0.3 is 44.4 Å². The molecule has 2 bridgehead atoms. The Kier molecular flexibility index (Phi) is 18.0. The average Bonchev–Trinajstić information content (AvgIpc) is 4.13. The molecular formula is C63H87N5O9S. The number of unbranched alkanes of at least 4 members (excludes halogenated alkanes) is 9. The third kappa shape index (κ3) is 10.0. The molecule has 78 heavy (non-hydrogen) atoms. The van der Waals surface area contributed by atoms with Gasteiger partial charge >= 0.3 is 11.9 Å². The van der Waals surface area contributed by atoms with Crippen LogP contribution in [-0.2, 0) is 45.8 Å². The summed E-state index contributed by atoms with van der Waals surface area (Å²) in [6.45, 7) is 9.93. The fourth-order valence-electron chi connectivity index (χ4n) is 15.7. The van der Waals surface area contributed by atoms with Crippen molar-refractivity contribution in [2.45, 2.75) is 177 Å². The number of methoxy groups -OCH3 is 3. The summed E-state index contributed by atoms with van der Waals surface area (Å²) < 4.78 is 24.9. The standard InChI is InChI=1S/C63H87N5O9S/c1-7-10-11-12-13-14-15-16-17-18-19-20-21-22-23-26-33-64-58(78)77-55-60(9-3)31-27-34-67-36-32-61(53(60)67)47-37-48(51(74-4)38-50(47)68(43-69)54(61)63(55,73)57(71)76-6)62(56(70)75-5)40-44-39-59(72,8-2)42-66(41-44)35-30-46-45-28-24-25-29-49(45)65-52(46)62/h13-14,16-17,24-25,27-29,31,37-38,43-44,53-55,65,72-73H,7-12,15,18-23,26,30,32-36,39-42H2,1-6H3,(H,64,78)/b14-13-,17-16-/t44-,53+,54-,55-,59+,60-,61-,62+,63+/m1/s1. The Morgan fingerprint density at radius 2 is 1.59 bits per heavy atom. The highest BCUT2D eigenvalue weighted by molar-refractivity contribution is 7.80. The van der Waals surface area contributed by atoms with Crippen molar-refractivity contribution in [2.75, 3.05) is 65.5 Å². The average molecular weight is 1090 g/mol. The first-order chi connectivity index (χ1) is 37.8. The molecule has 0 radical (unpaired) electrons. The molecule has 1 unspecified atom stereocenters. The molecule has 4 N–H and O–H groups in total. The summed E-state index contributed by atoms with van der Waals surface area (Å²) in [6.07, 6.45) is 29.2. The van der Waals surface area contributed by atoms with E-state index in [1.54, 1.807) is 7.11 Å². The SMILES string of the molecule is CCCCC/C=C\C/C=C\CCCCCCCCNC(=S)O[C@@H]1[C@]2(CC)C=CCN3CC[C@@]4(c5cc([C@@]6(C(=O)OC)C[C@@H]7CN(CCc8c6[nH]c6ccccc86)C[C@](O)(CC)C7)c(OC)cc5N(C=O)[C@H]4[C@@]1(O)C(=O)OC)[C@@H]32. The van der Waals surface area contributed by atoms with Crippen LogP contribution in [0.4, 0.5) is 5.69 Å². The Morgan fingerprint density at radius 1 is 0.859 bits per heavy atom. The Morgan fingerprint density at radius 3 is 2.29 bits per heavy atom. The number of nitrogens with one attached hydrogen (secondary N) is 2. The number of rotatable bonds is 23. The number of thiocarbonyl (C=S) groups is 1. The molecule has 1 spiro atoms. The van der Waals surface area contributed by atoms with Crippen molar-refractivity contribution in [3.8, 4) is 5.75 Å². The predicted molar refractivity (Wildman–Crippen MR) is 310 cm³/mol. The summed E-state index contributed by atoms with van der Waals surface area (Å²) >= 11 is 5.98. The number of amides is 1. The van der Waals surface area contributed by atoms with Gasteiger partial charge in [0.05, 0.1) is 38.7 Å². The maximum absolute atomic E-state index is 15.6. The largest absolute Gasteiger partial charge is 0.496 e. The highest BCUT2D eigenvalue weighted by atomic mass is 32.1. The summed E-state index contributed by atoms with van der Waals surface area (Å²) in [5.74, 6) is -1.23. The van der Waals surface area contributed by atoms with Gasteiger partial charge in [-0.2, -0.15) is 0 Å². The number of carbonyl (C=O) groups is 3. The van der Waals surface area contributed by atoms with Crippen molar-refractivity contribution in [3.05, 3.63) is 95.2 Å². The molecule has 6 heterocycles. The lowest BCUT2D eigenvalue weighted by Crippen LogP contribution is -2.81. The number of hydrogen-bond acceptors (Lipinski definition) is 12. The third-order valence-electron chi connectivity index (χ3n) is 19.1. The van der Waals surface area contributed by atoms with E-state index in [9.17, 15) is 19.8 Å². The number of esters is 2. The number of aromatic amines is 1. The van der Waals surface area contributed by atoms with Crippen molar-refractivity contribution >= 4 is 52.3 Å². The number of aromatic nitrogens is 1. The summed E-state index contributed by atoms with van der Waals surface area (Å²) in [4.78, 5) is 54.6. The number of benzene rings is 2. The van der Waals surface area contributed by atoms with Crippen LogP contribution in [0.5, 0.6) is 5.75 Å². The van der Waals surface area contributed by atoms with Gasteiger partial charge in [0, 0.05) is 77.8 Å². The van der Waals surface area contributed by atoms with Gasteiger partial charge in [-0.25, -0.2) is 4.79 Å². The van der Waals surface area contributed by atoms with Gasteiger partial charge in [-0.15, -0.1) is 0 Å². The minimum absolute atomic E-state index is 0.0662. The zero-order chi connectivity index (χ0) is 55.3. The predicted octanol–water partition coefficient (Wildman–Crippen LogP) is 9.66. The molecule has 14 nitrogen and oxygen atoms in total. The van der Waals surface area contributed by atoms with Crippen molar-refractivity contribution in [1.29, 1.82) is 0 Å². The van der Waals surface area contributed by atoms with E-state index in [4.69, 9.17) is 31.2 Å². The van der Waals surface area contributed by atoms with Crippen molar-refractivity contribution < 1.29 is 43.5 Å². The highest BCUT2D eigenvalue weighted by Crippen LogP contribution is 2.68. The lowest BCUT2D eigenvalue weighted by Gasteiger charge is -2.63. The Labute approximate surface area is 468 Å². The smallest absolute Gasteiger partial charge is 0.344 e. The molecule has 15 heteroatoms. The summed E-state index contributed by atoms with van der Waals surface area (Å²) in [6, 6.07) is 10.3. The number of allylic oxidation sites excluding steroid dienone is 4. The first-order valence-electron chi connectivity index (χ1n) is 29.4. The number of nitrogens with zero attached hydrogens (tertiary/aromatic N) is 3. The van der Waals surface area contributed by atoms with Crippen molar-refractivity contribution in [3.63, 3.8) is 0 Å². The molecule has 1 saturated carbocycles. The molecule has 10 atom stereocenters. The van der Waals surface area contributed by atoms with Crippen molar-refractivity contribution in [1.82, 2.24) is 20.1 Å². The lowest BCUT2D eigenvalue weighted by atomic mass is 9.47. The van der Waals surface area contributed by atoms with Crippen molar-refractivity contribution in [2.24, 2.45) is 11.3 Å². The van der Waals surface area contributed by atoms with E-state index in [1.165, 1.54) is 57.6 Å². The summed E-state index contributed by atoms with van der Waals surface area (Å²) in [5, 5.41) is 30.4. The molecule has 3 aromatic rings. The number of ether oxygens (including phenoxy) is 4. The van der Waals surface area contributed by atoms with Crippen LogP contribution in [0.15, 0.2) is 72.9 Å². The fourth-order valence-corrected chi connectivity index (χ4v) is 15.8. The van der Waals surface area contributed by atoms with Gasteiger partial charge in [0.1, 0.15) is 11.2 Å². The zero-order valence-electron chi connectivity index (χ0n) is 47.3. The number of piperidine rings is 1. The van der Waals surface area contributed by atoms with E-state index in [0.29, 0.717) is 106 Å². The van der Waals surface area contributed by atoms with Gasteiger partial charge in [0.25, 0.3) is 5.17 Å². The number of para-hydroxylation sites is 1. The van der Waals surface area contributed by atoms with Gasteiger partial charge in [-0.1, -0.05) is 114 Å². The molecular weight excluding hydrogens is 1000 g/mol. The van der Waals surface area contributed by atoms with Crippen LogP contribution in [0.1, 0.15) is 152 Å². The number of anilines is 1. The first-order valence-corrected chi connectivity index (χ1v) is 29.8. The van der Waals surface area contributed by atoms with Crippen LogP contribution >= 0.6 is 12.2 Å². The molecule has 6 aliphatic rings. The van der Waals surface area contributed by atoms with Gasteiger partial charge in [0.2, 0.25) is 12.0 Å². The normalized spacial score (nSPS) is 31.0. The fraction of sp³-hybridized carbons (Fsp3) is 0.619. The molecule has 2 aromatic carbocycles. The lowest BCUT2D eigenvalue weighted by molar-refractivity contribution is -0.214. The number of carbonyl (C=O) groups excluding carboxylic acids is 3. The second-order valence-electron chi connectivity index (χ2n) is 23.4. The van der Waals surface area contributed by atoms with Crippen LogP contribution in [-0.4, -0.2) is 139 Å². The Bertz CT molecular complexity index is 2740. The number of H-pyrrole nitrogens is 1. The van der Waals surface area contributed by atoms with E-state index in [0.717, 1.165) is 55.0 Å². The second kappa shape index (κ2) is 24.3. The van der Waals surface area contributed by atoms with E-state index in [-0.39, 0.29) is 17.5 Å². The molecule has 2 saturated heterocycles. The minimum atomic E-state index is -2.46. The number of fused-ring (bicyclic) bond motifs is 6. The highest BCUT2D eigenvalue weighted by Gasteiger charge is 2.81. The third-order valence-corrected chi connectivity index (χ3v) is 19.3. The van der Waals surface area contributed by atoms with E-state index in [1.807, 2.05) is 44.2 Å². The van der Waals surface area contributed by atoms with Gasteiger partial charge in [0.15, 0.2) is 6.10 Å². The van der Waals surface area contributed by atoms with Crippen LogP contribution in [0, 0.1) is 11.3 Å². The van der Waals surface area contributed by atoms with E-state index >= 15 is 4.79 Å². The van der Waals surface area contributed by atoms with E-state index < -0.39 is 57.6 Å². The summed E-state index contributed by atoms with van der Waals surface area (Å²) in [7, 11) is 4.24. The summed E-state index contributed by atoms with van der Waals surface area (Å²) in [5.41, 5.74) is -2.78. The first kappa shape index (κ1) is 57.6. The van der Waals surface area contributed by atoms with Crippen LogP contribution in [0.2, 0.25) is 0 Å². The zero-order valence-corrected chi connectivity index (χ0v) is 48.1. The number of aliphatic hydroxyl groups is 2. The van der Waals surface area contributed by atoms with Crippen LogP contribution < -0.4 is 15.0 Å². The van der Waals surface area contributed by atoms with Gasteiger partial charge in [-0.3, -0.25) is 19.4 Å². The monoisotopic (exact) mass is 1090 g/mol. The van der Waals surface area contributed by atoms with Gasteiger partial charge in [-0.05, 0) is 125 Å². The molecule has 424 valence electrons. The second-order valence-corrected chi connectivity index (χ2v) is 23.8.